The molecular formula is C17H20N2O4S2. The summed E-state index contributed by atoms with van der Waals surface area (Å²) in [6.45, 7) is 2.19. The molecule has 2 aromatic rings. The molecule has 1 aromatic carbocycles. The van der Waals surface area contributed by atoms with E-state index in [1.54, 1.807) is 30.5 Å². The van der Waals surface area contributed by atoms with Crippen LogP contribution in [-0.4, -0.2) is 44.6 Å². The van der Waals surface area contributed by atoms with E-state index in [0.29, 0.717) is 6.54 Å². The molecule has 0 amide bonds. The molecule has 0 aliphatic carbocycles. The zero-order valence-electron chi connectivity index (χ0n) is 13.8. The van der Waals surface area contributed by atoms with Crippen LogP contribution in [0.25, 0.3) is 0 Å². The van der Waals surface area contributed by atoms with Gasteiger partial charge in [0, 0.05) is 18.8 Å². The van der Waals surface area contributed by atoms with Crippen molar-refractivity contribution in [1.82, 2.24) is 10.3 Å². The lowest BCUT2D eigenvalue weighted by atomic mass is 10.2. The zero-order valence-corrected chi connectivity index (χ0v) is 15.4. The van der Waals surface area contributed by atoms with Gasteiger partial charge in [0.05, 0.1) is 27.3 Å². The van der Waals surface area contributed by atoms with E-state index in [4.69, 9.17) is 0 Å². The van der Waals surface area contributed by atoms with E-state index in [1.165, 1.54) is 12.1 Å². The van der Waals surface area contributed by atoms with Crippen LogP contribution in [0.4, 0.5) is 0 Å². The molecule has 2 heterocycles. The number of hydrogen-bond acceptors (Lipinski definition) is 6. The first-order valence-electron chi connectivity index (χ1n) is 7.92. The second-order valence-corrected chi connectivity index (χ2v) is 10.6. The summed E-state index contributed by atoms with van der Waals surface area (Å²) in [5, 5.41) is 2.07. The lowest BCUT2D eigenvalue weighted by Gasteiger charge is -2.20. The SMILES string of the molecule is Cc1ccc(S(=O)(=O)C2CS(=O)(=O)CC2NCc2ccccn2)cc1. The van der Waals surface area contributed by atoms with Crippen molar-refractivity contribution >= 4 is 19.7 Å². The number of pyridine rings is 1. The van der Waals surface area contributed by atoms with Crippen molar-refractivity contribution in [2.45, 2.75) is 29.7 Å². The van der Waals surface area contributed by atoms with Crippen LogP contribution in [-0.2, 0) is 26.2 Å². The smallest absolute Gasteiger partial charge is 0.183 e. The fourth-order valence-corrected chi connectivity index (χ4v) is 7.67. The van der Waals surface area contributed by atoms with Crippen LogP contribution in [0.2, 0.25) is 0 Å². The van der Waals surface area contributed by atoms with Gasteiger partial charge in [0.1, 0.15) is 0 Å². The maximum atomic E-state index is 12.9. The van der Waals surface area contributed by atoms with Gasteiger partial charge in [-0.15, -0.1) is 0 Å². The summed E-state index contributed by atoms with van der Waals surface area (Å²) >= 11 is 0. The van der Waals surface area contributed by atoms with Crippen LogP contribution in [0.5, 0.6) is 0 Å². The molecule has 0 saturated carbocycles. The highest BCUT2D eigenvalue weighted by atomic mass is 32.2. The lowest BCUT2D eigenvalue weighted by molar-refractivity contribution is 0.523. The van der Waals surface area contributed by atoms with Crippen LogP contribution in [0.15, 0.2) is 53.6 Å². The minimum Gasteiger partial charge on any atom is -0.306 e. The first-order valence-corrected chi connectivity index (χ1v) is 11.3. The number of aryl methyl sites for hydroxylation is 1. The molecule has 3 rings (SSSR count). The predicted molar refractivity (Wildman–Crippen MR) is 95.7 cm³/mol. The predicted octanol–water partition coefficient (Wildman–Crippen LogP) is 1.12. The number of sulfone groups is 2. The topological polar surface area (TPSA) is 93.2 Å². The molecule has 25 heavy (non-hydrogen) atoms. The molecule has 1 aliphatic heterocycles. The molecular weight excluding hydrogens is 360 g/mol. The van der Waals surface area contributed by atoms with Crippen molar-refractivity contribution in [2.75, 3.05) is 11.5 Å². The number of rotatable bonds is 5. The van der Waals surface area contributed by atoms with Gasteiger partial charge in [0.15, 0.2) is 19.7 Å². The van der Waals surface area contributed by atoms with Crippen molar-refractivity contribution in [3.05, 3.63) is 59.9 Å². The summed E-state index contributed by atoms with van der Waals surface area (Å²) in [6.07, 6.45) is 1.64. The van der Waals surface area contributed by atoms with Gasteiger partial charge in [-0.2, -0.15) is 0 Å². The molecule has 134 valence electrons. The third-order valence-corrected chi connectivity index (χ3v) is 8.49. The van der Waals surface area contributed by atoms with E-state index in [0.717, 1.165) is 11.3 Å². The Labute approximate surface area is 148 Å². The standard InChI is InChI=1S/C17H20N2O4S2/c1-13-5-7-15(8-6-13)25(22,23)17-12-24(20,21)11-16(17)19-10-14-4-2-3-9-18-14/h2-9,16-17,19H,10-12H2,1H3. The normalized spacial score (nSPS) is 22.8. The molecule has 2 atom stereocenters. The highest BCUT2D eigenvalue weighted by Gasteiger charge is 2.45. The van der Waals surface area contributed by atoms with Crippen molar-refractivity contribution in [2.24, 2.45) is 0 Å². The molecule has 8 heteroatoms. The van der Waals surface area contributed by atoms with Gasteiger partial charge in [-0.25, -0.2) is 16.8 Å². The summed E-state index contributed by atoms with van der Waals surface area (Å²) < 4.78 is 50.0. The first-order chi connectivity index (χ1) is 11.8. The fraction of sp³-hybridized carbons (Fsp3) is 0.353. The summed E-state index contributed by atoms with van der Waals surface area (Å²) in [5.74, 6) is -0.543. The average Bonchev–Trinajstić information content (AvgIpc) is 2.90. The first kappa shape index (κ1) is 18.0. The number of nitrogens with zero attached hydrogens (tertiary/aromatic N) is 1. The van der Waals surface area contributed by atoms with E-state index in [-0.39, 0.29) is 16.4 Å². The summed E-state index contributed by atoms with van der Waals surface area (Å²) in [6, 6.07) is 11.3. The Morgan fingerprint density at radius 3 is 2.48 bits per heavy atom. The van der Waals surface area contributed by atoms with Gasteiger partial charge >= 0.3 is 0 Å². The Kier molecular flexibility index (Phi) is 4.95. The lowest BCUT2D eigenvalue weighted by Crippen LogP contribution is -2.43. The van der Waals surface area contributed by atoms with Crippen LogP contribution in [0.1, 0.15) is 11.3 Å². The minimum atomic E-state index is -3.74. The Balaban J connectivity index is 1.85. The average molecular weight is 380 g/mol. The molecule has 6 nitrogen and oxygen atoms in total. The maximum absolute atomic E-state index is 12.9. The molecule has 1 aromatic heterocycles. The van der Waals surface area contributed by atoms with E-state index in [2.05, 4.69) is 10.3 Å². The second kappa shape index (κ2) is 6.86. The maximum Gasteiger partial charge on any atom is 0.183 e. The number of hydrogen-bond donors (Lipinski definition) is 1. The molecule has 1 fully saturated rings. The van der Waals surface area contributed by atoms with E-state index < -0.39 is 31.0 Å². The van der Waals surface area contributed by atoms with E-state index in [9.17, 15) is 16.8 Å². The molecule has 0 bridgehead atoms. The zero-order chi connectivity index (χ0) is 18.1. The summed E-state index contributed by atoms with van der Waals surface area (Å²) in [7, 11) is -7.15. The monoisotopic (exact) mass is 380 g/mol. The van der Waals surface area contributed by atoms with Crippen LogP contribution < -0.4 is 5.32 Å². The Morgan fingerprint density at radius 2 is 1.84 bits per heavy atom. The van der Waals surface area contributed by atoms with Crippen molar-refractivity contribution in [3.63, 3.8) is 0 Å². The van der Waals surface area contributed by atoms with Crippen molar-refractivity contribution < 1.29 is 16.8 Å². The molecule has 1 aliphatic rings. The highest BCUT2D eigenvalue weighted by molar-refractivity contribution is 7.96. The van der Waals surface area contributed by atoms with Gasteiger partial charge in [-0.05, 0) is 31.2 Å². The summed E-state index contributed by atoms with van der Waals surface area (Å²) in [5.41, 5.74) is 1.68. The number of aromatic nitrogens is 1. The number of nitrogens with one attached hydrogen (secondary N) is 1. The highest BCUT2D eigenvalue weighted by Crippen LogP contribution is 2.26. The third kappa shape index (κ3) is 4.08. The van der Waals surface area contributed by atoms with Gasteiger partial charge in [-0.3, -0.25) is 4.98 Å². The molecule has 1 N–H and O–H groups in total. The third-order valence-electron chi connectivity index (χ3n) is 4.32. The van der Waals surface area contributed by atoms with Crippen LogP contribution in [0.3, 0.4) is 0 Å². The summed E-state index contributed by atoms with van der Waals surface area (Å²) in [4.78, 5) is 4.33. The minimum absolute atomic E-state index is 0.157. The van der Waals surface area contributed by atoms with Gasteiger partial charge in [0.2, 0.25) is 0 Å². The number of benzene rings is 1. The largest absolute Gasteiger partial charge is 0.306 e. The molecule has 2 unspecified atom stereocenters. The van der Waals surface area contributed by atoms with Crippen LogP contribution in [0, 0.1) is 6.92 Å². The second-order valence-electron chi connectivity index (χ2n) is 6.28. The quantitative estimate of drug-likeness (QED) is 0.835. The van der Waals surface area contributed by atoms with Crippen LogP contribution >= 0.6 is 0 Å². The van der Waals surface area contributed by atoms with Crippen molar-refractivity contribution in [1.29, 1.82) is 0 Å². The molecule has 1 saturated heterocycles. The Bertz CT molecular complexity index is 940. The molecule has 0 spiro atoms. The van der Waals surface area contributed by atoms with Gasteiger partial charge in [-0.1, -0.05) is 23.8 Å². The Morgan fingerprint density at radius 1 is 1.12 bits per heavy atom. The molecule has 0 radical (unpaired) electrons. The van der Waals surface area contributed by atoms with Crippen molar-refractivity contribution in [3.8, 4) is 0 Å². The van der Waals surface area contributed by atoms with Gasteiger partial charge < -0.3 is 5.32 Å². The van der Waals surface area contributed by atoms with Gasteiger partial charge in [0.25, 0.3) is 0 Å². The Hall–Kier alpha value is -1.77. The van der Waals surface area contributed by atoms with E-state index in [1.807, 2.05) is 13.0 Å². The fourth-order valence-electron chi connectivity index (χ4n) is 2.95. The van der Waals surface area contributed by atoms with E-state index >= 15 is 0 Å².